The molecule has 0 unspecified atom stereocenters. The summed E-state index contributed by atoms with van der Waals surface area (Å²) in [4.78, 5) is 2.02. The fourth-order valence-electron chi connectivity index (χ4n) is 1.95. The van der Waals surface area contributed by atoms with Crippen LogP contribution in [0.3, 0.4) is 0 Å². The summed E-state index contributed by atoms with van der Waals surface area (Å²) in [5.41, 5.74) is 3.04. The topological polar surface area (TPSA) is 27.0 Å². The number of nitrogens with zero attached hydrogens (tertiary/aromatic N) is 2. The lowest BCUT2D eigenvalue weighted by molar-refractivity contribution is 1.13. The number of halogens is 2. The van der Waals surface area contributed by atoms with Crippen LogP contribution in [0.1, 0.15) is 11.1 Å². The maximum Gasteiger partial charge on any atom is 0.0999 e. The first-order valence-electron chi connectivity index (χ1n) is 6.36. The Bertz CT molecular complexity index is 690. The summed E-state index contributed by atoms with van der Waals surface area (Å²) in [6.45, 7) is 0. The van der Waals surface area contributed by atoms with Crippen LogP contribution in [0, 0.1) is 11.3 Å². The number of anilines is 1. The van der Waals surface area contributed by atoms with Crippen molar-refractivity contribution in [2.45, 2.75) is 0 Å². The third-order valence-corrected chi connectivity index (χ3v) is 3.70. The maximum atomic E-state index is 9.39. The van der Waals surface area contributed by atoms with Crippen molar-refractivity contribution in [3.05, 3.63) is 63.6 Å². The Kier molecular flexibility index (Phi) is 4.90. The minimum atomic E-state index is 0.447. The first kappa shape index (κ1) is 15.4. The number of rotatable bonds is 3. The Morgan fingerprint density at radius 2 is 1.62 bits per heavy atom. The van der Waals surface area contributed by atoms with Gasteiger partial charge in [-0.05, 0) is 35.9 Å². The van der Waals surface area contributed by atoms with E-state index in [1.807, 2.05) is 43.3 Å². The van der Waals surface area contributed by atoms with Crippen LogP contribution >= 0.6 is 23.2 Å². The zero-order valence-electron chi connectivity index (χ0n) is 11.8. The van der Waals surface area contributed by atoms with Gasteiger partial charge in [0.1, 0.15) is 0 Å². The van der Waals surface area contributed by atoms with Gasteiger partial charge in [-0.25, -0.2) is 0 Å². The van der Waals surface area contributed by atoms with Crippen molar-refractivity contribution in [1.29, 1.82) is 5.26 Å². The van der Waals surface area contributed by atoms with E-state index >= 15 is 0 Å². The van der Waals surface area contributed by atoms with E-state index in [4.69, 9.17) is 23.2 Å². The second-order valence-electron chi connectivity index (χ2n) is 4.75. The van der Waals surface area contributed by atoms with Crippen LogP contribution in [-0.4, -0.2) is 14.1 Å². The highest BCUT2D eigenvalue weighted by Gasteiger charge is 2.10. The standard InChI is InChI=1S/C17H14Cl2N2/c1-21(2)14-8-6-12(7-9-14)10-13(11-20)17-15(18)4-3-5-16(17)19/h3-10H,1-2H3/b13-10+. The summed E-state index contributed by atoms with van der Waals surface area (Å²) in [6, 6.07) is 15.3. The normalized spacial score (nSPS) is 11.1. The summed E-state index contributed by atoms with van der Waals surface area (Å²) < 4.78 is 0. The molecule has 0 aliphatic heterocycles. The minimum absolute atomic E-state index is 0.447. The Labute approximate surface area is 134 Å². The molecule has 0 spiro atoms. The molecule has 0 N–H and O–H groups in total. The van der Waals surface area contributed by atoms with E-state index in [-0.39, 0.29) is 0 Å². The zero-order chi connectivity index (χ0) is 15.4. The largest absolute Gasteiger partial charge is 0.378 e. The van der Waals surface area contributed by atoms with E-state index < -0.39 is 0 Å². The van der Waals surface area contributed by atoms with Crippen molar-refractivity contribution in [2.24, 2.45) is 0 Å². The average Bonchev–Trinajstić information content (AvgIpc) is 2.46. The van der Waals surface area contributed by atoms with Crippen LogP contribution in [0.4, 0.5) is 5.69 Å². The summed E-state index contributed by atoms with van der Waals surface area (Å²) in [5, 5.41) is 10.3. The molecule has 0 saturated carbocycles. The van der Waals surface area contributed by atoms with Gasteiger partial charge in [-0.1, -0.05) is 41.4 Å². The van der Waals surface area contributed by atoms with E-state index in [0.29, 0.717) is 21.2 Å². The highest BCUT2D eigenvalue weighted by atomic mass is 35.5. The van der Waals surface area contributed by atoms with Crippen molar-refractivity contribution in [3.8, 4) is 6.07 Å². The van der Waals surface area contributed by atoms with Crippen LogP contribution in [0.2, 0.25) is 10.0 Å². The van der Waals surface area contributed by atoms with Crippen molar-refractivity contribution < 1.29 is 0 Å². The van der Waals surface area contributed by atoms with Crippen molar-refractivity contribution >= 4 is 40.5 Å². The molecule has 2 nitrogen and oxygen atoms in total. The molecule has 2 rings (SSSR count). The summed E-state index contributed by atoms with van der Waals surface area (Å²) in [6.07, 6.45) is 1.78. The molecule has 0 heterocycles. The smallest absolute Gasteiger partial charge is 0.0999 e. The molecule has 21 heavy (non-hydrogen) atoms. The summed E-state index contributed by atoms with van der Waals surface area (Å²) in [7, 11) is 3.96. The third-order valence-electron chi connectivity index (χ3n) is 3.07. The predicted molar refractivity (Wildman–Crippen MR) is 90.7 cm³/mol. The summed E-state index contributed by atoms with van der Waals surface area (Å²) in [5.74, 6) is 0. The quantitative estimate of drug-likeness (QED) is 0.580. The fourth-order valence-corrected chi connectivity index (χ4v) is 2.55. The molecule has 0 aromatic heterocycles. The zero-order valence-corrected chi connectivity index (χ0v) is 13.3. The first-order valence-corrected chi connectivity index (χ1v) is 7.12. The highest BCUT2D eigenvalue weighted by Crippen LogP contribution is 2.32. The number of hydrogen-bond acceptors (Lipinski definition) is 2. The number of hydrogen-bond donors (Lipinski definition) is 0. The van der Waals surface area contributed by atoms with Gasteiger partial charge in [-0.2, -0.15) is 5.26 Å². The number of nitriles is 1. The van der Waals surface area contributed by atoms with Crippen LogP contribution in [0.15, 0.2) is 42.5 Å². The SMILES string of the molecule is CN(C)c1ccc(/C=C(\C#N)c2c(Cl)cccc2Cl)cc1. The van der Waals surface area contributed by atoms with Crippen LogP contribution < -0.4 is 4.90 Å². The highest BCUT2D eigenvalue weighted by molar-refractivity contribution is 6.38. The number of allylic oxidation sites excluding steroid dienone is 1. The van der Waals surface area contributed by atoms with Gasteiger partial charge < -0.3 is 4.90 Å². The molecule has 2 aromatic carbocycles. The fraction of sp³-hybridized carbons (Fsp3) is 0.118. The molecular weight excluding hydrogens is 303 g/mol. The molecule has 0 aliphatic carbocycles. The maximum absolute atomic E-state index is 9.39. The third kappa shape index (κ3) is 3.58. The molecule has 0 amide bonds. The predicted octanol–water partition coefficient (Wildman–Crippen LogP) is 5.12. The Hall–Kier alpha value is -1.95. The van der Waals surface area contributed by atoms with Crippen LogP contribution in [0.5, 0.6) is 0 Å². The molecule has 0 saturated heterocycles. The van der Waals surface area contributed by atoms with Gasteiger partial charge in [0.15, 0.2) is 0 Å². The van der Waals surface area contributed by atoms with Crippen molar-refractivity contribution in [2.75, 3.05) is 19.0 Å². The molecule has 106 valence electrons. The van der Waals surface area contributed by atoms with Gasteiger partial charge in [0, 0.05) is 25.3 Å². The van der Waals surface area contributed by atoms with Crippen molar-refractivity contribution in [1.82, 2.24) is 0 Å². The molecule has 0 aliphatic rings. The minimum Gasteiger partial charge on any atom is -0.378 e. The molecule has 4 heteroatoms. The van der Waals surface area contributed by atoms with E-state index in [1.165, 1.54) is 0 Å². The molecule has 0 radical (unpaired) electrons. The Morgan fingerprint density at radius 3 is 2.10 bits per heavy atom. The second-order valence-corrected chi connectivity index (χ2v) is 5.57. The molecule has 0 bridgehead atoms. The van der Waals surface area contributed by atoms with Gasteiger partial charge in [0.2, 0.25) is 0 Å². The lowest BCUT2D eigenvalue weighted by Gasteiger charge is -2.12. The van der Waals surface area contributed by atoms with Gasteiger partial charge in [0.25, 0.3) is 0 Å². The first-order chi connectivity index (χ1) is 10.0. The second kappa shape index (κ2) is 6.67. The van der Waals surface area contributed by atoms with Crippen molar-refractivity contribution in [3.63, 3.8) is 0 Å². The molecule has 0 fully saturated rings. The van der Waals surface area contributed by atoms with Gasteiger partial charge >= 0.3 is 0 Å². The van der Waals surface area contributed by atoms with E-state index in [9.17, 15) is 5.26 Å². The van der Waals surface area contributed by atoms with E-state index in [1.54, 1.807) is 24.3 Å². The monoisotopic (exact) mass is 316 g/mol. The lowest BCUT2D eigenvalue weighted by atomic mass is 10.0. The average molecular weight is 317 g/mol. The van der Waals surface area contributed by atoms with Crippen LogP contribution in [0.25, 0.3) is 11.6 Å². The molecule has 2 aromatic rings. The molecule has 0 atom stereocenters. The lowest BCUT2D eigenvalue weighted by Crippen LogP contribution is -2.07. The van der Waals surface area contributed by atoms with Gasteiger partial charge in [0.05, 0.1) is 21.7 Å². The summed E-state index contributed by atoms with van der Waals surface area (Å²) >= 11 is 12.3. The molecular formula is C17H14Cl2N2. The Balaban J connectivity index is 2.44. The van der Waals surface area contributed by atoms with Crippen LogP contribution in [-0.2, 0) is 0 Å². The van der Waals surface area contributed by atoms with Gasteiger partial charge in [-0.3, -0.25) is 0 Å². The van der Waals surface area contributed by atoms with E-state index in [0.717, 1.165) is 11.3 Å². The van der Waals surface area contributed by atoms with E-state index in [2.05, 4.69) is 6.07 Å². The Morgan fingerprint density at radius 1 is 1.05 bits per heavy atom. The number of benzene rings is 2. The van der Waals surface area contributed by atoms with Gasteiger partial charge in [-0.15, -0.1) is 0 Å².